The molecule has 1 fully saturated rings. The second kappa shape index (κ2) is 10.9. The van der Waals surface area contributed by atoms with Crippen molar-refractivity contribution in [3.05, 3.63) is 24.3 Å². The lowest BCUT2D eigenvalue weighted by Gasteiger charge is -2.29. The smallest absolute Gasteiger partial charge is 0.243 e. The lowest BCUT2D eigenvalue weighted by Crippen LogP contribution is -2.44. The van der Waals surface area contributed by atoms with E-state index in [0.717, 1.165) is 57.3 Å². The van der Waals surface area contributed by atoms with E-state index in [-0.39, 0.29) is 18.4 Å². The topological polar surface area (TPSA) is 65.1 Å². The number of carbonyl (C=O) groups is 2. The van der Waals surface area contributed by atoms with Gasteiger partial charge >= 0.3 is 0 Å². The molecule has 0 aromatic heterocycles. The first kappa shape index (κ1) is 21.2. The minimum absolute atomic E-state index is 0.0669. The highest BCUT2D eigenvalue weighted by atomic mass is 16.5. The van der Waals surface area contributed by atoms with Gasteiger partial charge in [0.25, 0.3) is 0 Å². The van der Waals surface area contributed by atoms with Crippen LogP contribution in [-0.2, 0) is 14.3 Å². The third-order valence-electron chi connectivity index (χ3n) is 4.85. The van der Waals surface area contributed by atoms with Crippen molar-refractivity contribution in [3.8, 4) is 0 Å². The molecule has 0 atom stereocenters. The summed E-state index contributed by atoms with van der Waals surface area (Å²) < 4.78 is 5.33. The Morgan fingerprint density at radius 1 is 1.11 bits per heavy atom. The van der Waals surface area contributed by atoms with Crippen molar-refractivity contribution in [1.82, 2.24) is 9.80 Å². The largest absolute Gasteiger partial charge is 0.379 e. The van der Waals surface area contributed by atoms with Crippen molar-refractivity contribution >= 4 is 23.2 Å². The number of anilines is 2. The van der Waals surface area contributed by atoms with Crippen LogP contribution in [0.15, 0.2) is 24.3 Å². The Hall–Kier alpha value is -2.12. The maximum Gasteiger partial charge on any atom is 0.243 e. The highest BCUT2D eigenvalue weighted by Crippen LogP contribution is 2.17. The standard InChI is InChI=1S/C20H32N4O3/c1-4-23(5-2)19-8-6-18(7-9-19)21-20(26)16-24(17(3)25)11-10-22-12-14-27-15-13-22/h6-9H,4-5,10-16H2,1-3H3,(H,21,26). The van der Waals surface area contributed by atoms with Crippen LogP contribution in [0, 0.1) is 0 Å². The number of nitrogens with zero attached hydrogens (tertiary/aromatic N) is 3. The van der Waals surface area contributed by atoms with Crippen molar-refractivity contribution in [1.29, 1.82) is 0 Å². The van der Waals surface area contributed by atoms with Gasteiger partial charge in [-0.1, -0.05) is 0 Å². The summed E-state index contributed by atoms with van der Waals surface area (Å²) in [7, 11) is 0. The van der Waals surface area contributed by atoms with E-state index in [1.165, 1.54) is 6.92 Å². The molecule has 2 amide bonds. The number of morpholine rings is 1. The van der Waals surface area contributed by atoms with E-state index >= 15 is 0 Å². The van der Waals surface area contributed by atoms with Crippen LogP contribution in [0.1, 0.15) is 20.8 Å². The van der Waals surface area contributed by atoms with Crippen molar-refractivity contribution in [2.45, 2.75) is 20.8 Å². The van der Waals surface area contributed by atoms with Gasteiger partial charge in [0.1, 0.15) is 0 Å². The number of ether oxygens (including phenoxy) is 1. The Labute approximate surface area is 162 Å². The molecule has 150 valence electrons. The quantitative estimate of drug-likeness (QED) is 0.710. The van der Waals surface area contributed by atoms with E-state index < -0.39 is 0 Å². The molecule has 1 aliphatic rings. The van der Waals surface area contributed by atoms with Crippen LogP contribution < -0.4 is 10.2 Å². The number of hydrogen-bond donors (Lipinski definition) is 1. The lowest BCUT2D eigenvalue weighted by molar-refractivity contribution is -0.133. The van der Waals surface area contributed by atoms with Crippen molar-refractivity contribution < 1.29 is 14.3 Å². The molecule has 27 heavy (non-hydrogen) atoms. The Kier molecular flexibility index (Phi) is 8.54. The fourth-order valence-electron chi connectivity index (χ4n) is 3.15. The van der Waals surface area contributed by atoms with E-state index in [1.807, 2.05) is 24.3 Å². The van der Waals surface area contributed by atoms with Gasteiger partial charge in [-0.05, 0) is 38.1 Å². The van der Waals surface area contributed by atoms with Gasteiger partial charge < -0.3 is 19.9 Å². The Bertz CT molecular complexity index is 596. The molecule has 0 radical (unpaired) electrons. The molecule has 7 heteroatoms. The number of hydrogen-bond acceptors (Lipinski definition) is 5. The normalized spacial score (nSPS) is 14.6. The summed E-state index contributed by atoms with van der Waals surface area (Å²) >= 11 is 0. The molecule has 1 heterocycles. The molecular formula is C20H32N4O3. The molecule has 1 aromatic carbocycles. The molecule has 1 N–H and O–H groups in total. The molecule has 2 rings (SSSR count). The molecule has 0 unspecified atom stereocenters. The zero-order chi connectivity index (χ0) is 19.6. The summed E-state index contributed by atoms with van der Waals surface area (Å²) in [6.07, 6.45) is 0. The van der Waals surface area contributed by atoms with E-state index in [9.17, 15) is 9.59 Å². The van der Waals surface area contributed by atoms with Gasteiger partial charge in [0, 0.05) is 57.6 Å². The van der Waals surface area contributed by atoms with Crippen molar-refractivity contribution in [3.63, 3.8) is 0 Å². The van der Waals surface area contributed by atoms with Gasteiger partial charge in [0.15, 0.2) is 0 Å². The Morgan fingerprint density at radius 3 is 2.30 bits per heavy atom. The summed E-state index contributed by atoms with van der Waals surface area (Å²) in [4.78, 5) is 30.3. The first-order chi connectivity index (χ1) is 13.0. The molecule has 1 aliphatic heterocycles. The van der Waals surface area contributed by atoms with E-state index in [4.69, 9.17) is 4.74 Å². The summed E-state index contributed by atoms with van der Waals surface area (Å²) in [5.41, 5.74) is 1.88. The SMILES string of the molecule is CCN(CC)c1ccc(NC(=O)CN(CCN2CCOCC2)C(C)=O)cc1. The fraction of sp³-hybridized carbons (Fsp3) is 0.600. The van der Waals surface area contributed by atoms with Gasteiger partial charge in [0.05, 0.1) is 19.8 Å². The number of amides is 2. The monoisotopic (exact) mass is 376 g/mol. The molecule has 1 aromatic rings. The second-order valence-electron chi connectivity index (χ2n) is 6.66. The third-order valence-corrected chi connectivity index (χ3v) is 4.85. The lowest BCUT2D eigenvalue weighted by atomic mass is 10.2. The van der Waals surface area contributed by atoms with Crippen LogP contribution in [-0.4, -0.2) is 80.6 Å². The van der Waals surface area contributed by atoms with Crippen LogP contribution in [0.2, 0.25) is 0 Å². The molecule has 7 nitrogen and oxygen atoms in total. The molecule has 0 bridgehead atoms. The summed E-state index contributed by atoms with van der Waals surface area (Å²) in [5.74, 6) is -0.266. The summed E-state index contributed by atoms with van der Waals surface area (Å²) in [5, 5.41) is 2.88. The molecule has 1 saturated heterocycles. The van der Waals surface area contributed by atoms with Gasteiger partial charge in [0.2, 0.25) is 11.8 Å². The fourth-order valence-corrected chi connectivity index (χ4v) is 3.15. The third kappa shape index (κ3) is 6.84. The summed E-state index contributed by atoms with van der Waals surface area (Å²) in [6, 6.07) is 7.81. The first-order valence-corrected chi connectivity index (χ1v) is 9.74. The van der Waals surface area contributed by atoms with Crippen LogP contribution in [0.25, 0.3) is 0 Å². The van der Waals surface area contributed by atoms with Gasteiger partial charge in [-0.2, -0.15) is 0 Å². The number of carbonyl (C=O) groups excluding carboxylic acids is 2. The van der Waals surface area contributed by atoms with E-state index in [2.05, 4.69) is 29.0 Å². The summed E-state index contributed by atoms with van der Waals surface area (Å²) in [6.45, 7) is 12.2. The highest BCUT2D eigenvalue weighted by molar-refractivity contribution is 5.94. The average Bonchev–Trinajstić information content (AvgIpc) is 2.68. The maximum absolute atomic E-state index is 12.4. The second-order valence-corrected chi connectivity index (χ2v) is 6.66. The highest BCUT2D eigenvalue weighted by Gasteiger charge is 2.17. The van der Waals surface area contributed by atoms with Crippen LogP contribution in [0.4, 0.5) is 11.4 Å². The molecule has 0 spiro atoms. The van der Waals surface area contributed by atoms with Crippen LogP contribution in [0.3, 0.4) is 0 Å². The van der Waals surface area contributed by atoms with Crippen LogP contribution in [0.5, 0.6) is 0 Å². The number of nitrogens with one attached hydrogen (secondary N) is 1. The van der Waals surface area contributed by atoms with Crippen molar-refractivity contribution in [2.24, 2.45) is 0 Å². The zero-order valence-corrected chi connectivity index (χ0v) is 16.7. The Balaban J connectivity index is 1.84. The minimum atomic E-state index is -0.178. The average molecular weight is 377 g/mol. The molecule has 0 aliphatic carbocycles. The van der Waals surface area contributed by atoms with Crippen LogP contribution >= 0.6 is 0 Å². The Morgan fingerprint density at radius 2 is 1.74 bits per heavy atom. The van der Waals surface area contributed by atoms with E-state index in [1.54, 1.807) is 4.90 Å². The number of benzene rings is 1. The maximum atomic E-state index is 12.4. The first-order valence-electron chi connectivity index (χ1n) is 9.74. The predicted octanol–water partition coefficient (Wildman–Crippen LogP) is 1.65. The minimum Gasteiger partial charge on any atom is -0.379 e. The van der Waals surface area contributed by atoms with Gasteiger partial charge in [-0.25, -0.2) is 0 Å². The van der Waals surface area contributed by atoms with Gasteiger partial charge in [-0.3, -0.25) is 14.5 Å². The molecule has 0 saturated carbocycles. The molecular weight excluding hydrogens is 344 g/mol. The zero-order valence-electron chi connectivity index (χ0n) is 16.7. The van der Waals surface area contributed by atoms with E-state index in [0.29, 0.717) is 6.54 Å². The van der Waals surface area contributed by atoms with Gasteiger partial charge in [-0.15, -0.1) is 0 Å². The predicted molar refractivity (Wildman–Crippen MR) is 108 cm³/mol. The van der Waals surface area contributed by atoms with Crippen molar-refractivity contribution in [2.75, 3.05) is 69.2 Å². The number of rotatable bonds is 9.